The third kappa shape index (κ3) is 3.96. The van der Waals surface area contributed by atoms with Crippen LogP contribution in [0.2, 0.25) is 0 Å². The first kappa shape index (κ1) is 14.5. The topological polar surface area (TPSA) is 58.4 Å². The molecule has 0 bridgehead atoms. The zero-order chi connectivity index (χ0) is 12.8. The molecule has 4 nitrogen and oxygen atoms in total. The van der Waals surface area contributed by atoms with E-state index < -0.39 is 0 Å². The standard InChI is InChI=1S/C13H27N3O/c1-4-12(13(14)17)16(3)11-8-6-10(7-9-11)15-5-2/h10-12,15H,4-9H2,1-3H3,(H2,14,17). The fourth-order valence-corrected chi connectivity index (χ4v) is 2.92. The van der Waals surface area contributed by atoms with Crippen molar-refractivity contribution >= 4 is 5.91 Å². The van der Waals surface area contributed by atoms with Crippen LogP contribution in [0.15, 0.2) is 0 Å². The van der Waals surface area contributed by atoms with E-state index in [4.69, 9.17) is 5.73 Å². The molecule has 1 fully saturated rings. The summed E-state index contributed by atoms with van der Waals surface area (Å²) in [6.45, 7) is 5.22. The van der Waals surface area contributed by atoms with Crippen LogP contribution in [0.1, 0.15) is 46.0 Å². The average molecular weight is 241 g/mol. The van der Waals surface area contributed by atoms with Crippen molar-refractivity contribution in [1.82, 2.24) is 10.2 Å². The molecule has 1 aliphatic rings. The molecule has 1 saturated carbocycles. The summed E-state index contributed by atoms with van der Waals surface area (Å²) < 4.78 is 0. The second-order valence-electron chi connectivity index (χ2n) is 5.06. The second-order valence-corrected chi connectivity index (χ2v) is 5.06. The number of nitrogens with zero attached hydrogens (tertiary/aromatic N) is 1. The van der Waals surface area contributed by atoms with Gasteiger partial charge in [0.2, 0.25) is 5.91 Å². The number of hydrogen-bond donors (Lipinski definition) is 2. The number of rotatable bonds is 6. The maximum absolute atomic E-state index is 11.3. The molecule has 0 saturated heterocycles. The summed E-state index contributed by atoms with van der Waals surface area (Å²) in [7, 11) is 2.04. The van der Waals surface area contributed by atoms with Crippen molar-refractivity contribution in [3.63, 3.8) is 0 Å². The van der Waals surface area contributed by atoms with Crippen LogP contribution in [0.5, 0.6) is 0 Å². The fourth-order valence-electron chi connectivity index (χ4n) is 2.92. The molecule has 0 spiro atoms. The van der Waals surface area contributed by atoms with E-state index in [2.05, 4.69) is 17.1 Å². The normalized spacial score (nSPS) is 27.1. The van der Waals surface area contributed by atoms with E-state index in [0.29, 0.717) is 12.1 Å². The van der Waals surface area contributed by atoms with Crippen molar-refractivity contribution in [2.45, 2.75) is 64.1 Å². The molecule has 17 heavy (non-hydrogen) atoms. The number of nitrogens with two attached hydrogens (primary N) is 1. The van der Waals surface area contributed by atoms with Crippen LogP contribution in [-0.2, 0) is 4.79 Å². The molecule has 1 aliphatic carbocycles. The van der Waals surface area contributed by atoms with Crippen LogP contribution in [-0.4, -0.2) is 42.5 Å². The van der Waals surface area contributed by atoms with Gasteiger partial charge in [-0.25, -0.2) is 0 Å². The summed E-state index contributed by atoms with van der Waals surface area (Å²) in [6, 6.07) is 1.08. The minimum atomic E-state index is -0.191. The summed E-state index contributed by atoms with van der Waals surface area (Å²) in [5.41, 5.74) is 5.44. The first-order valence-corrected chi connectivity index (χ1v) is 6.84. The third-order valence-electron chi connectivity index (χ3n) is 3.97. The van der Waals surface area contributed by atoms with Gasteiger partial charge in [0.1, 0.15) is 0 Å². The molecule has 0 heterocycles. The molecule has 1 unspecified atom stereocenters. The van der Waals surface area contributed by atoms with Crippen molar-refractivity contribution in [3.8, 4) is 0 Å². The smallest absolute Gasteiger partial charge is 0.234 e. The van der Waals surface area contributed by atoms with Gasteiger partial charge in [-0.05, 0) is 45.7 Å². The molecule has 0 radical (unpaired) electrons. The summed E-state index contributed by atoms with van der Waals surface area (Å²) in [5.74, 6) is -0.191. The van der Waals surface area contributed by atoms with E-state index in [-0.39, 0.29) is 11.9 Å². The van der Waals surface area contributed by atoms with Crippen LogP contribution < -0.4 is 11.1 Å². The van der Waals surface area contributed by atoms with E-state index in [1.807, 2.05) is 14.0 Å². The number of carbonyl (C=O) groups excluding carboxylic acids is 1. The Morgan fingerprint density at radius 1 is 1.35 bits per heavy atom. The fraction of sp³-hybridized carbons (Fsp3) is 0.923. The van der Waals surface area contributed by atoms with Gasteiger partial charge in [-0.1, -0.05) is 13.8 Å². The van der Waals surface area contributed by atoms with E-state index in [9.17, 15) is 4.79 Å². The lowest BCUT2D eigenvalue weighted by molar-refractivity contribution is -0.124. The van der Waals surface area contributed by atoms with Gasteiger partial charge in [0.25, 0.3) is 0 Å². The molecule has 4 heteroatoms. The summed E-state index contributed by atoms with van der Waals surface area (Å²) in [5, 5.41) is 3.50. The quantitative estimate of drug-likeness (QED) is 0.732. The minimum Gasteiger partial charge on any atom is -0.368 e. The third-order valence-corrected chi connectivity index (χ3v) is 3.97. The molecule has 0 aromatic carbocycles. The highest BCUT2D eigenvalue weighted by Gasteiger charge is 2.29. The highest BCUT2D eigenvalue weighted by atomic mass is 16.1. The van der Waals surface area contributed by atoms with E-state index >= 15 is 0 Å². The van der Waals surface area contributed by atoms with Gasteiger partial charge in [0.05, 0.1) is 6.04 Å². The van der Waals surface area contributed by atoms with Gasteiger partial charge >= 0.3 is 0 Å². The molecule has 0 aromatic rings. The van der Waals surface area contributed by atoms with Crippen molar-refractivity contribution in [2.75, 3.05) is 13.6 Å². The maximum Gasteiger partial charge on any atom is 0.234 e. The lowest BCUT2D eigenvalue weighted by Gasteiger charge is -2.37. The predicted octanol–water partition coefficient (Wildman–Crippen LogP) is 1.10. The van der Waals surface area contributed by atoms with Gasteiger partial charge in [-0.2, -0.15) is 0 Å². The monoisotopic (exact) mass is 241 g/mol. The first-order chi connectivity index (χ1) is 8.10. The van der Waals surface area contributed by atoms with Gasteiger partial charge < -0.3 is 11.1 Å². The largest absolute Gasteiger partial charge is 0.368 e. The van der Waals surface area contributed by atoms with Crippen LogP contribution in [0.4, 0.5) is 0 Å². The van der Waals surface area contributed by atoms with Crippen molar-refractivity contribution < 1.29 is 4.79 Å². The number of carbonyl (C=O) groups is 1. The van der Waals surface area contributed by atoms with Gasteiger partial charge in [-0.3, -0.25) is 9.69 Å². The zero-order valence-corrected chi connectivity index (χ0v) is 11.4. The number of nitrogens with one attached hydrogen (secondary N) is 1. The Morgan fingerprint density at radius 2 is 1.94 bits per heavy atom. The highest BCUT2D eigenvalue weighted by molar-refractivity contribution is 5.79. The first-order valence-electron chi connectivity index (χ1n) is 6.84. The Kier molecular flexibility index (Phi) is 5.92. The molecule has 0 aliphatic heterocycles. The SMILES string of the molecule is CCNC1CCC(N(C)C(CC)C(N)=O)CC1. The molecular formula is C13H27N3O. The minimum absolute atomic E-state index is 0.101. The van der Waals surface area contributed by atoms with Gasteiger partial charge in [0, 0.05) is 12.1 Å². The van der Waals surface area contributed by atoms with Gasteiger partial charge in [0.15, 0.2) is 0 Å². The van der Waals surface area contributed by atoms with Gasteiger partial charge in [-0.15, -0.1) is 0 Å². The molecule has 0 aromatic heterocycles. The number of primary amides is 1. The second kappa shape index (κ2) is 6.97. The summed E-state index contributed by atoms with van der Waals surface area (Å²) >= 11 is 0. The Labute approximate surface area is 105 Å². The lowest BCUT2D eigenvalue weighted by Crippen LogP contribution is -2.49. The predicted molar refractivity (Wildman–Crippen MR) is 70.8 cm³/mol. The lowest BCUT2D eigenvalue weighted by atomic mass is 9.89. The Morgan fingerprint density at radius 3 is 2.35 bits per heavy atom. The number of hydrogen-bond acceptors (Lipinski definition) is 3. The summed E-state index contributed by atoms with van der Waals surface area (Å²) in [4.78, 5) is 13.5. The van der Waals surface area contributed by atoms with Crippen LogP contribution >= 0.6 is 0 Å². The Bertz CT molecular complexity index is 237. The Balaban J connectivity index is 2.44. The van der Waals surface area contributed by atoms with Crippen molar-refractivity contribution in [1.29, 1.82) is 0 Å². The molecule has 100 valence electrons. The van der Waals surface area contributed by atoms with Crippen molar-refractivity contribution in [3.05, 3.63) is 0 Å². The van der Waals surface area contributed by atoms with E-state index in [0.717, 1.165) is 25.8 Å². The average Bonchev–Trinajstić information content (AvgIpc) is 2.30. The van der Waals surface area contributed by atoms with E-state index in [1.165, 1.54) is 12.8 Å². The summed E-state index contributed by atoms with van der Waals surface area (Å²) in [6.07, 6.45) is 5.55. The molecule has 1 amide bonds. The number of likely N-dealkylation sites (N-methyl/N-ethyl adjacent to an activating group) is 1. The molecule has 3 N–H and O–H groups in total. The number of amides is 1. The molecule has 1 rings (SSSR count). The zero-order valence-electron chi connectivity index (χ0n) is 11.4. The Hall–Kier alpha value is -0.610. The van der Waals surface area contributed by atoms with Crippen LogP contribution in [0.3, 0.4) is 0 Å². The van der Waals surface area contributed by atoms with E-state index in [1.54, 1.807) is 0 Å². The maximum atomic E-state index is 11.3. The molecule has 1 atom stereocenters. The van der Waals surface area contributed by atoms with Crippen LogP contribution in [0.25, 0.3) is 0 Å². The molecular weight excluding hydrogens is 214 g/mol. The van der Waals surface area contributed by atoms with Crippen LogP contribution in [0, 0.1) is 0 Å². The highest BCUT2D eigenvalue weighted by Crippen LogP contribution is 2.24. The van der Waals surface area contributed by atoms with Crippen molar-refractivity contribution in [2.24, 2.45) is 5.73 Å².